The fourth-order valence-corrected chi connectivity index (χ4v) is 2.96. The van der Waals surface area contributed by atoms with Gasteiger partial charge in [-0.1, -0.05) is 0 Å². The first-order valence-electron chi connectivity index (χ1n) is 7.27. The Morgan fingerprint density at radius 3 is 2.72 bits per heavy atom. The van der Waals surface area contributed by atoms with Gasteiger partial charge in [-0.05, 0) is 13.0 Å². The van der Waals surface area contributed by atoms with E-state index >= 15 is 0 Å². The highest BCUT2D eigenvalue weighted by Gasteiger charge is 2.17. The van der Waals surface area contributed by atoms with Crippen LogP contribution in [0.3, 0.4) is 0 Å². The number of rotatable bonds is 6. The summed E-state index contributed by atoms with van der Waals surface area (Å²) in [5.74, 6) is -0.833. The number of carbonyl (C=O) groups excluding carboxylic acids is 2. The molecule has 2 aromatic rings. The van der Waals surface area contributed by atoms with Gasteiger partial charge in [0.05, 0.1) is 21.9 Å². The number of thiazole rings is 1. The molecule has 1 aromatic heterocycles. The smallest absolute Gasteiger partial charge is 0.340 e. The van der Waals surface area contributed by atoms with Gasteiger partial charge < -0.3 is 10.5 Å². The number of benzene rings is 1. The number of nitrogens with zero attached hydrogens (tertiary/aromatic N) is 3. The molecular formula is C15H16N4O5S. The summed E-state index contributed by atoms with van der Waals surface area (Å²) in [7, 11) is 0. The zero-order valence-electron chi connectivity index (χ0n) is 13.6. The number of non-ortho nitro benzene ring substituents is 1. The molecule has 0 aliphatic carbocycles. The average Bonchev–Trinajstić information content (AvgIpc) is 3.01. The Balaban J connectivity index is 2.04. The van der Waals surface area contributed by atoms with Gasteiger partial charge in [-0.25, -0.2) is 9.78 Å². The van der Waals surface area contributed by atoms with E-state index in [1.807, 2.05) is 6.92 Å². The van der Waals surface area contributed by atoms with E-state index in [2.05, 4.69) is 4.98 Å². The summed E-state index contributed by atoms with van der Waals surface area (Å²) >= 11 is 1.27. The van der Waals surface area contributed by atoms with E-state index in [-0.39, 0.29) is 29.5 Å². The normalized spacial score (nSPS) is 10.3. The molecule has 0 fully saturated rings. The summed E-state index contributed by atoms with van der Waals surface area (Å²) in [6.07, 6.45) is 0. The average molecular weight is 364 g/mol. The first-order chi connectivity index (χ1) is 11.8. The number of anilines is 2. The van der Waals surface area contributed by atoms with Crippen LogP contribution < -0.4 is 10.6 Å². The molecule has 0 aliphatic heterocycles. The molecule has 0 aliphatic rings. The number of hydrogen-bond donors (Lipinski definition) is 1. The molecular weight excluding hydrogens is 348 g/mol. The van der Waals surface area contributed by atoms with E-state index in [1.165, 1.54) is 35.3 Å². The molecule has 1 aromatic carbocycles. The lowest BCUT2D eigenvalue weighted by molar-refractivity contribution is -0.384. The lowest BCUT2D eigenvalue weighted by Crippen LogP contribution is -2.27. The molecule has 1 heterocycles. The lowest BCUT2D eigenvalue weighted by atomic mass is 10.1. The molecule has 0 spiro atoms. The zero-order chi connectivity index (χ0) is 18.6. The van der Waals surface area contributed by atoms with Crippen LogP contribution in [0.4, 0.5) is 16.5 Å². The van der Waals surface area contributed by atoms with Gasteiger partial charge in [0.25, 0.3) is 5.69 Å². The number of nitro groups is 1. The number of nitro benzene ring substituents is 1. The van der Waals surface area contributed by atoms with E-state index in [1.54, 1.807) is 5.38 Å². The molecule has 0 saturated carbocycles. The zero-order valence-corrected chi connectivity index (χ0v) is 14.4. The molecule has 0 atom stereocenters. The predicted octanol–water partition coefficient (Wildman–Crippen LogP) is 2.36. The molecule has 132 valence electrons. The molecule has 0 bridgehead atoms. The van der Waals surface area contributed by atoms with Crippen LogP contribution in [0.25, 0.3) is 0 Å². The third kappa shape index (κ3) is 4.29. The van der Waals surface area contributed by atoms with Crippen LogP contribution in [0.5, 0.6) is 0 Å². The van der Waals surface area contributed by atoms with Crippen LogP contribution in [0.2, 0.25) is 0 Å². The minimum Gasteiger partial charge on any atom is -0.455 e. The van der Waals surface area contributed by atoms with E-state index in [4.69, 9.17) is 10.5 Å². The maximum atomic E-state index is 12.1. The number of esters is 1. The van der Waals surface area contributed by atoms with Crippen LogP contribution >= 0.6 is 11.3 Å². The van der Waals surface area contributed by atoms with Crippen molar-refractivity contribution in [3.8, 4) is 0 Å². The highest BCUT2D eigenvalue weighted by molar-refractivity contribution is 7.14. The minimum atomic E-state index is -0.708. The third-order valence-electron chi connectivity index (χ3n) is 3.28. The molecule has 1 amide bonds. The van der Waals surface area contributed by atoms with Crippen LogP contribution in [0.15, 0.2) is 23.6 Å². The van der Waals surface area contributed by atoms with Gasteiger partial charge >= 0.3 is 5.97 Å². The van der Waals surface area contributed by atoms with Crippen LogP contribution in [0.1, 0.15) is 29.9 Å². The molecule has 9 nitrogen and oxygen atoms in total. The number of aromatic nitrogens is 1. The fraction of sp³-hybridized carbons (Fsp3) is 0.267. The van der Waals surface area contributed by atoms with Gasteiger partial charge in [0, 0.05) is 31.0 Å². The van der Waals surface area contributed by atoms with E-state index < -0.39 is 10.9 Å². The minimum absolute atomic E-state index is 0.0353. The maximum absolute atomic E-state index is 12.1. The first-order valence-corrected chi connectivity index (χ1v) is 8.15. The van der Waals surface area contributed by atoms with Crippen molar-refractivity contribution < 1.29 is 19.2 Å². The SMILES string of the molecule is CCN(C(C)=O)c1nc(COC(=O)c2ccc([N+](=O)[O-])cc2N)cs1. The highest BCUT2D eigenvalue weighted by atomic mass is 32.1. The Labute approximate surface area is 147 Å². The van der Waals surface area contributed by atoms with Gasteiger partial charge in [0.1, 0.15) is 6.61 Å². The molecule has 0 radical (unpaired) electrons. The van der Waals surface area contributed by atoms with Crippen LogP contribution in [-0.4, -0.2) is 28.3 Å². The summed E-state index contributed by atoms with van der Waals surface area (Å²) in [6, 6.07) is 3.53. The molecule has 10 heteroatoms. The monoisotopic (exact) mass is 364 g/mol. The molecule has 2 N–H and O–H groups in total. The van der Waals surface area contributed by atoms with Gasteiger partial charge in [-0.2, -0.15) is 0 Å². The van der Waals surface area contributed by atoms with Crippen molar-refractivity contribution in [2.75, 3.05) is 17.2 Å². The van der Waals surface area contributed by atoms with Crippen molar-refractivity contribution in [2.24, 2.45) is 0 Å². The predicted molar refractivity (Wildman–Crippen MR) is 92.4 cm³/mol. The van der Waals surface area contributed by atoms with Crippen LogP contribution in [0, 0.1) is 10.1 Å². The topological polar surface area (TPSA) is 129 Å². The van der Waals surface area contributed by atoms with Crippen molar-refractivity contribution in [3.63, 3.8) is 0 Å². The standard InChI is InChI=1S/C15H16N4O5S/c1-3-18(9(2)20)15-17-10(8-25-15)7-24-14(21)12-5-4-11(19(22)23)6-13(12)16/h4-6,8H,3,7,16H2,1-2H3. The summed E-state index contributed by atoms with van der Waals surface area (Å²) in [4.78, 5) is 39.4. The maximum Gasteiger partial charge on any atom is 0.340 e. The fourth-order valence-electron chi connectivity index (χ4n) is 2.05. The summed E-state index contributed by atoms with van der Waals surface area (Å²) in [5.41, 5.74) is 5.96. The molecule has 2 rings (SSSR count). The van der Waals surface area contributed by atoms with Gasteiger partial charge in [0.15, 0.2) is 5.13 Å². The molecule has 25 heavy (non-hydrogen) atoms. The van der Waals surface area contributed by atoms with Crippen molar-refractivity contribution in [1.29, 1.82) is 0 Å². The quantitative estimate of drug-likeness (QED) is 0.360. The third-order valence-corrected chi connectivity index (χ3v) is 4.20. The number of carbonyl (C=O) groups is 2. The second kappa shape index (κ2) is 7.71. The first kappa shape index (κ1) is 18.3. The second-order valence-corrected chi connectivity index (χ2v) is 5.83. The van der Waals surface area contributed by atoms with Crippen molar-refractivity contribution >= 4 is 39.7 Å². The van der Waals surface area contributed by atoms with E-state index in [0.717, 1.165) is 6.07 Å². The van der Waals surface area contributed by atoms with Crippen molar-refractivity contribution in [3.05, 3.63) is 45.0 Å². The van der Waals surface area contributed by atoms with Crippen LogP contribution in [-0.2, 0) is 16.1 Å². The Morgan fingerprint density at radius 1 is 1.44 bits per heavy atom. The summed E-state index contributed by atoms with van der Waals surface area (Å²) < 4.78 is 5.13. The molecule has 0 unspecified atom stereocenters. The van der Waals surface area contributed by atoms with Gasteiger partial charge in [0.2, 0.25) is 5.91 Å². The number of hydrogen-bond acceptors (Lipinski definition) is 8. The Kier molecular flexibility index (Phi) is 5.65. The van der Waals surface area contributed by atoms with Gasteiger partial charge in [-0.15, -0.1) is 11.3 Å². The number of nitrogens with two attached hydrogens (primary N) is 1. The lowest BCUT2D eigenvalue weighted by Gasteiger charge is -2.14. The van der Waals surface area contributed by atoms with Gasteiger partial charge in [-0.3, -0.25) is 19.8 Å². The second-order valence-electron chi connectivity index (χ2n) is 4.99. The number of nitrogen functional groups attached to an aromatic ring is 1. The van der Waals surface area contributed by atoms with E-state index in [9.17, 15) is 19.7 Å². The number of ether oxygens (including phenoxy) is 1. The Bertz CT molecular complexity index is 820. The Morgan fingerprint density at radius 2 is 2.16 bits per heavy atom. The molecule has 0 saturated heterocycles. The highest BCUT2D eigenvalue weighted by Crippen LogP contribution is 2.23. The van der Waals surface area contributed by atoms with Crippen molar-refractivity contribution in [2.45, 2.75) is 20.5 Å². The largest absolute Gasteiger partial charge is 0.455 e. The van der Waals surface area contributed by atoms with E-state index in [0.29, 0.717) is 17.4 Å². The Hall–Kier alpha value is -3.01. The summed E-state index contributed by atoms with van der Waals surface area (Å²) in [6.45, 7) is 3.67. The summed E-state index contributed by atoms with van der Waals surface area (Å²) in [5, 5.41) is 12.9. The number of amides is 1. The van der Waals surface area contributed by atoms with Crippen molar-refractivity contribution in [1.82, 2.24) is 4.98 Å².